The standard InChI is InChI=1S/C11H14F2N4OS/c1-2-6-3-7-8(15-4-11(12,13)5-18)16-10(14)17-9(7)19-6/h3,18H,2,4-5H2,1H3,(H3,14,15,16,17). The number of hydrogen-bond donors (Lipinski definition) is 3. The Morgan fingerprint density at radius 1 is 1.47 bits per heavy atom. The minimum absolute atomic E-state index is 0.0341. The lowest BCUT2D eigenvalue weighted by atomic mass is 10.3. The highest BCUT2D eigenvalue weighted by atomic mass is 32.1. The lowest BCUT2D eigenvalue weighted by Crippen LogP contribution is -2.31. The Hall–Kier alpha value is -1.54. The van der Waals surface area contributed by atoms with Crippen molar-refractivity contribution in [1.29, 1.82) is 0 Å². The van der Waals surface area contributed by atoms with Crippen LogP contribution in [0.25, 0.3) is 10.2 Å². The van der Waals surface area contributed by atoms with E-state index in [2.05, 4.69) is 15.3 Å². The first-order chi connectivity index (χ1) is 8.95. The number of rotatable bonds is 5. The molecule has 4 N–H and O–H groups in total. The van der Waals surface area contributed by atoms with Crippen molar-refractivity contribution in [2.75, 3.05) is 24.2 Å². The number of fused-ring (bicyclic) bond motifs is 1. The average Bonchev–Trinajstić information content (AvgIpc) is 2.79. The Bertz CT molecular complexity index is 587. The topological polar surface area (TPSA) is 84.1 Å². The summed E-state index contributed by atoms with van der Waals surface area (Å²) in [5.41, 5.74) is 5.55. The fourth-order valence-electron chi connectivity index (χ4n) is 1.57. The molecule has 0 fully saturated rings. The van der Waals surface area contributed by atoms with Gasteiger partial charge in [-0.25, -0.2) is 13.8 Å². The normalized spacial score (nSPS) is 12.0. The molecule has 0 spiro atoms. The number of nitrogen functional groups attached to an aromatic ring is 1. The fraction of sp³-hybridized carbons (Fsp3) is 0.455. The second kappa shape index (κ2) is 5.22. The van der Waals surface area contributed by atoms with Gasteiger partial charge in [-0.2, -0.15) is 4.98 Å². The Balaban J connectivity index is 2.33. The summed E-state index contributed by atoms with van der Waals surface area (Å²) in [6.07, 6.45) is 0.827. The molecule has 2 aromatic heterocycles. The van der Waals surface area contributed by atoms with E-state index in [1.54, 1.807) is 0 Å². The smallest absolute Gasteiger partial charge is 0.287 e. The Morgan fingerprint density at radius 2 is 2.21 bits per heavy atom. The van der Waals surface area contributed by atoms with E-state index >= 15 is 0 Å². The Labute approximate surface area is 112 Å². The molecule has 0 saturated carbocycles. The summed E-state index contributed by atoms with van der Waals surface area (Å²) in [5, 5.41) is 11.7. The van der Waals surface area contributed by atoms with Crippen molar-refractivity contribution in [3.63, 3.8) is 0 Å². The highest BCUT2D eigenvalue weighted by Crippen LogP contribution is 2.30. The zero-order valence-electron chi connectivity index (χ0n) is 10.3. The number of aliphatic hydroxyl groups is 1. The summed E-state index contributed by atoms with van der Waals surface area (Å²) < 4.78 is 26.1. The second-order valence-electron chi connectivity index (χ2n) is 4.08. The molecule has 0 amide bonds. The highest BCUT2D eigenvalue weighted by Gasteiger charge is 2.27. The summed E-state index contributed by atoms with van der Waals surface area (Å²) >= 11 is 1.46. The first kappa shape index (κ1) is 13.9. The maximum atomic E-state index is 13.0. The molecule has 2 rings (SSSR count). The van der Waals surface area contributed by atoms with Gasteiger partial charge >= 0.3 is 0 Å². The van der Waals surface area contributed by atoms with Crippen molar-refractivity contribution in [3.05, 3.63) is 10.9 Å². The molecule has 8 heteroatoms. The van der Waals surface area contributed by atoms with E-state index < -0.39 is 19.1 Å². The van der Waals surface area contributed by atoms with E-state index in [0.717, 1.165) is 11.3 Å². The van der Waals surface area contributed by atoms with E-state index in [1.807, 2.05) is 13.0 Å². The summed E-state index contributed by atoms with van der Waals surface area (Å²) in [6.45, 7) is 0.0778. The van der Waals surface area contributed by atoms with Crippen LogP contribution in [0.3, 0.4) is 0 Å². The number of halogens is 2. The van der Waals surface area contributed by atoms with Crippen molar-refractivity contribution >= 4 is 33.3 Å². The predicted octanol–water partition coefficient (Wildman–Crippen LogP) is 1.88. The van der Waals surface area contributed by atoms with E-state index in [-0.39, 0.29) is 11.8 Å². The lowest BCUT2D eigenvalue weighted by Gasteiger charge is -2.14. The van der Waals surface area contributed by atoms with Crippen molar-refractivity contribution < 1.29 is 13.9 Å². The molecule has 2 heterocycles. The molecule has 0 bridgehead atoms. The third-order valence-corrected chi connectivity index (χ3v) is 3.73. The van der Waals surface area contributed by atoms with Crippen LogP contribution in [0, 0.1) is 0 Å². The third kappa shape index (κ3) is 3.07. The van der Waals surface area contributed by atoms with Crippen LogP contribution < -0.4 is 11.1 Å². The molecular weight excluding hydrogens is 274 g/mol. The molecule has 0 aliphatic heterocycles. The zero-order chi connectivity index (χ0) is 14.0. The summed E-state index contributed by atoms with van der Waals surface area (Å²) in [5.74, 6) is -2.89. The largest absolute Gasteiger partial charge is 0.390 e. The van der Waals surface area contributed by atoms with E-state index in [0.29, 0.717) is 10.2 Å². The number of alkyl halides is 2. The number of aromatic nitrogens is 2. The zero-order valence-corrected chi connectivity index (χ0v) is 11.1. The minimum atomic E-state index is -3.20. The molecule has 0 unspecified atom stereocenters. The van der Waals surface area contributed by atoms with E-state index in [1.165, 1.54) is 11.3 Å². The predicted molar refractivity (Wildman–Crippen MR) is 71.7 cm³/mol. The SMILES string of the molecule is CCc1cc2c(NCC(F)(F)CO)nc(N)nc2s1. The van der Waals surface area contributed by atoms with Crippen molar-refractivity contribution in [2.24, 2.45) is 0 Å². The molecule has 0 atom stereocenters. The number of hydrogen-bond acceptors (Lipinski definition) is 6. The number of nitrogens with zero attached hydrogens (tertiary/aromatic N) is 2. The average molecular weight is 288 g/mol. The van der Waals surface area contributed by atoms with Crippen LogP contribution >= 0.6 is 11.3 Å². The van der Waals surface area contributed by atoms with Gasteiger partial charge in [0, 0.05) is 4.88 Å². The number of nitrogens with one attached hydrogen (secondary N) is 1. The monoisotopic (exact) mass is 288 g/mol. The maximum absolute atomic E-state index is 13.0. The van der Waals surface area contributed by atoms with Crippen LogP contribution in [-0.4, -0.2) is 34.1 Å². The number of aliphatic hydroxyl groups excluding tert-OH is 1. The quantitative estimate of drug-likeness (QED) is 0.782. The number of aryl methyl sites for hydroxylation is 1. The van der Waals surface area contributed by atoms with Crippen LogP contribution in [0.15, 0.2) is 6.07 Å². The van der Waals surface area contributed by atoms with Gasteiger partial charge < -0.3 is 16.2 Å². The lowest BCUT2D eigenvalue weighted by molar-refractivity contribution is -0.0373. The Morgan fingerprint density at radius 3 is 2.84 bits per heavy atom. The summed E-state index contributed by atoms with van der Waals surface area (Å²) in [6, 6.07) is 1.86. The number of nitrogens with two attached hydrogens (primary N) is 1. The fourth-order valence-corrected chi connectivity index (χ4v) is 2.54. The number of thiophene rings is 1. The van der Waals surface area contributed by atoms with Crippen LogP contribution in [0.2, 0.25) is 0 Å². The van der Waals surface area contributed by atoms with Crippen molar-refractivity contribution in [1.82, 2.24) is 9.97 Å². The number of anilines is 2. The molecule has 0 aliphatic carbocycles. The second-order valence-corrected chi connectivity index (χ2v) is 5.20. The van der Waals surface area contributed by atoms with Gasteiger partial charge in [-0.1, -0.05) is 6.92 Å². The van der Waals surface area contributed by atoms with Crippen LogP contribution in [0.1, 0.15) is 11.8 Å². The Kier molecular flexibility index (Phi) is 3.81. The first-order valence-corrected chi connectivity index (χ1v) is 6.55. The van der Waals surface area contributed by atoms with Crippen molar-refractivity contribution in [2.45, 2.75) is 19.3 Å². The molecule has 19 heavy (non-hydrogen) atoms. The van der Waals surface area contributed by atoms with E-state index in [4.69, 9.17) is 10.8 Å². The van der Waals surface area contributed by atoms with Gasteiger partial charge in [0.05, 0.1) is 11.9 Å². The van der Waals surface area contributed by atoms with Gasteiger partial charge in [0.15, 0.2) is 0 Å². The van der Waals surface area contributed by atoms with Crippen LogP contribution in [-0.2, 0) is 6.42 Å². The van der Waals surface area contributed by atoms with Gasteiger partial charge in [-0.05, 0) is 12.5 Å². The van der Waals surface area contributed by atoms with Gasteiger partial charge in [-0.3, -0.25) is 0 Å². The molecule has 0 radical (unpaired) electrons. The molecule has 104 valence electrons. The third-order valence-electron chi connectivity index (χ3n) is 2.56. The van der Waals surface area contributed by atoms with Gasteiger partial charge in [0.2, 0.25) is 5.95 Å². The van der Waals surface area contributed by atoms with Gasteiger partial charge in [-0.15, -0.1) is 11.3 Å². The molecule has 0 aliphatic rings. The van der Waals surface area contributed by atoms with Crippen LogP contribution in [0.5, 0.6) is 0 Å². The maximum Gasteiger partial charge on any atom is 0.287 e. The van der Waals surface area contributed by atoms with Gasteiger partial charge in [0.1, 0.15) is 17.3 Å². The van der Waals surface area contributed by atoms with Crippen molar-refractivity contribution in [3.8, 4) is 0 Å². The summed E-state index contributed by atoms with van der Waals surface area (Å²) in [7, 11) is 0. The van der Waals surface area contributed by atoms with Crippen LogP contribution in [0.4, 0.5) is 20.5 Å². The molecule has 5 nitrogen and oxygen atoms in total. The molecule has 0 aromatic carbocycles. The highest BCUT2D eigenvalue weighted by molar-refractivity contribution is 7.18. The molecular formula is C11H14F2N4OS. The van der Waals surface area contributed by atoms with E-state index in [9.17, 15) is 8.78 Å². The van der Waals surface area contributed by atoms with Gasteiger partial charge in [0.25, 0.3) is 5.92 Å². The first-order valence-electron chi connectivity index (χ1n) is 5.73. The molecule has 2 aromatic rings. The molecule has 0 saturated heterocycles. The summed E-state index contributed by atoms with van der Waals surface area (Å²) in [4.78, 5) is 9.75. The minimum Gasteiger partial charge on any atom is -0.390 e.